The van der Waals surface area contributed by atoms with E-state index in [-0.39, 0.29) is 0 Å². The molecule has 0 N–H and O–H groups in total. The summed E-state index contributed by atoms with van der Waals surface area (Å²) in [6.45, 7) is 0. The molecule has 20 aromatic rings. The summed E-state index contributed by atoms with van der Waals surface area (Å²) >= 11 is 0. The molecule has 0 fully saturated rings. The van der Waals surface area contributed by atoms with Crippen LogP contribution < -0.4 is 0 Å². The largest absolute Gasteiger partial charge is 0.0706 e. The third kappa shape index (κ3) is 8.45. The summed E-state index contributed by atoms with van der Waals surface area (Å²) in [6, 6.07) is 148. The monoisotopic (exact) mass is 1290 g/mol. The van der Waals surface area contributed by atoms with Crippen LogP contribution in [0.2, 0.25) is 0 Å². The molecule has 0 aromatic heterocycles. The SMILES string of the molecule is C1=C(c2ccc(-c3ccccc3)cc2)C(c2ccccc2-c2ccccc2)(c2ccc3ccc4cccc5ccc2c3c45)C(c2ccccc2-c2ccccc2)C(c2ccccc2-c2ccccc2)(c2ccc3ccc4cccc5ccc2c3c45)C1c1ccc2ccc3cccc4ccc1c2c34. The maximum atomic E-state index is 2.87. The Morgan fingerprint density at radius 3 is 1.05 bits per heavy atom. The molecule has 102 heavy (non-hydrogen) atoms. The molecule has 0 amide bonds. The molecule has 21 rings (SSSR count). The zero-order valence-corrected chi connectivity index (χ0v) is 56.1. The van der Waals surface area contributed by atoms with Crippen molar-refractivity contribution in [2.24, 2.45) is 0 Å². The number of benzene rings is 20. The van der Waals surface area contributed by atoms with Gasteiger partial charge in [0.1, 0.15) is 0 Å². The Morgan fingerprint density at radius 2 is 0.529 bits per heavy atom. The van der Waals surface area contributed by atoms with Crippen LogP contribution in [0.5, 0.6) is 0 Å². The third-order valence-electron chi connectivity index (χ3n) is 23.5. The number of rotatable bonds is 11. The summed E-state index contributed by atoms with van der Waals surface area (Å²) in [5.74, 6) is -0.953. The van der Waals surface area contributed by atoms with Crippen LogP contribution in [-0.2, 0) is 10.8 Å². The van der Waals surface area contributed by atoms with Gasteiger partial charge in [0.15, 0.2) is 0 Å². The third-order valence-corrected chi connectivity index (χ3v) is 23.5. The van der Waals surface area contributed by atoms with Gasteiger partial charge >= 0.3 is 0 Å². The van der Waals surface area contributed by atoms with E-state index in [4.69, 9.17) is 0 Å². The van der Waals surface area contributed by atoms with Crippen molar-refractivity contribution in [3.8, 4) is 44.5 Å². The Bertz CT molecular complexity index is 6620. The highest BCUT2D eigenvalue weighted by molar-refractivity contribution is 6.27. The molecule has 0 heteroatoms. The summed E-state index contributed by atoms with van der Waals surface area (Å²) in [5, 5.41) is 22.6. The molecule has 474 valence electrons. The lowest BCUT2D eigenvalue weighted by Gasteiger charge is -2.61. The van der Waals surface area contributed by atoms with Crippen LogP contribution in [0.4, 0.5) is 0 Å². The second-order valence-corrected chi connectivity index (χ2v) is 28.3. The molecule has 20 aromatic carbocycles. The summed E-state index contributed by atoms with van der Waals surface area (Å²) in [4.78, 5) is 0. The van der Waals surface area contributed by atoms with Crippen molar-refractivity contribution in [2.75, 3.05) is 0 Å². The molecule has 0 heterocycles. The maximum Gasteiger partial charge on any atom is 0.0547 e. The van der Waals surface area contributed by atoms with E-state index < -0.39 is 22.7 Å². The van der Waals surface area contributed by atoms with Crippen LogP contribution in [0, 0.1) is 0 Å². The summed E-state index contributed by atoms with van der Waals surface area (Å²) in [5.41, 5.74) is 17.1. The van der Waals surface area contributed by atoms with Crippen LogP contribution in [0.25, 0.3) is 147 Å². The minimum absolute atomic E-state index is 0.417. The van der Waals surface area contributed by atoms with Gasteiger partial charge in [-0.3, -0.25) is 0 Å². The molecule has 1 aliphatic carbocycles. The first-order chi connectivity index (χ1) is 50.6. The van der Waals surface area contributed by atoms with Crippen molar-refractivity contribution in [1.82, 2.24) is 0 Å². The van der Waals surface area contributed by atoms with E-state index >= 15 is 0 Å². The van der Waals surface area contributed by atoms with Gasteiger partial charge in [0.25, 0.3) is 0 Å². The van der Waals surface area contributed by atoms with E-state index in [1.54, 1.807) is 0 Å². The number of hydrogen-bond donors (Lipinski definition) is 0. The van der Waals surface area contributed by atoms with E-state index in [1.807, 2.05) is 0 Å². The van der Waals surface area contributed by atoms with Gasteiger partial charge < -0.3 is 0 Å². The second-order valence-electron chi connectivity index (χ2n) is 28.3. The Hall–Kier alpha value is -12.7. The first kappa shape index (κ1) is 58.2. The smallest absolute Gasteiger partial charge is 0.0547 e. The molecule has 4 unspecified atom stereocenters. The zero-order chi connectivity index (χ0) is 67.0. The number of hydrogen-bond acceptors (Lipinski definition) is 0. The molecule has 1 aliphatic rings. The van der Waals surface area contributed by atoms with Gasteiger partial charge in [-0.05, 0) is 186 Å². The molecule has 0 aliphatic heterocycles. The van der Waals surface area contributed by atoms with E-state index in [1.165, 1.54) is 169 Å². The van der Waals surface area contributed by atoms with Crippen LogP contribution in [0.3, 0.4) is 0 Å². The van der Waals surface area contributed by atoms with E-state index in [9.17, 15) is 0 Å². The van der Waals surface area contributed by atoms with Crippen LogP contribution >= 0.6 is 0 Å². The molecule has 0 spiro atoms. The average molecular weight is 1290 g/mol. The molecular formula is C102H66. The Labute approximate surface area is 593 Å². The fourth-order valence-corrected chi connectivity index (χ4v) is 19.5. The van der Waals surface area contributed by atoms with Gasteiger partial charge in [0.05, 0.1) is 5.41 Å². The van der Waals surface area contributed by atoms with Gasteiger partial charge in [-0.15, -0.1) is 0 Å². The fraction of sp³-hybridized carbons (Fsp3) is 0.0392. The Balaban J connectivity index is 1.08. The maximum absolute atomic E-state index is 2.87. The van der Waals surface area contributed by atoms with Gasteiger partial charge in [-0.2, -0.15) is 0 Å². The van der Waals surface area contributed by atoms with Gasteiger partial charge in [0.2, 0.25) is 0 Å². The quantitative estimate of drug-likeness (QED) is 0.113. The van der Waals surface area contributed by atoms with Gasteiger partial charge in [-0.25, -0.2) is 0 Å². The van der Waals surface area contributed by atoms with Gasteiger partial charge in [-0.1, -0.05) is 388 Å². The molecular weight excluding hydrogens is 1230 g/mol. The van der Waals surface area contributed by atoms with E-state index in [2.05, 4.69) is 388 Å². The predicted octanol–water partition coefficient (Wildman–Crippen LogP) is 27.0. The molecule has 0 saturated heterocycles. The average Bonchev–Trinajstić information content (AvgIpc) is 0.654. The summed E-state index contributed by atoms with van der Waals surface area (Å²) in [6.07, 6.45) is 2.87. The first-order valence-corrected chi connectivity index (χ1v) is 35.9. The van der Waals surface area contributed by atoms with Crippen molar-refractivity contribution in [1.29, 1.82) is 0 Å². The molecule has 0 radical (unpaired) electrons. The topological polar surface area (TPSA) is 0 Å². The number of allylic oxidation sites excluding steroid dienone is 2. The van der Waals surface area contributed by atoms with Crippen molar-refractivity contribution in [3.05, 3.63) is 427 Å². The molecule has 0 nitrogen and oxygen atoms in total. The van der Waals surface area contributed by atoms with E-state index in [0.717, 1.165) is 16.7 Å². The zero-order valence-electron chi connectivity index (χ0n) is 56.1. The van der Waals surface area contributed by atoms with Crippen LogP contribution in [0.1, 0.15) is 50.8 Å². The minimum atomic E-state index is -1.14. The van der Waals surface area contributed by atoms with Crippen molar-refractivity contribution in [3.63, 3.8) is 0 Å². The second kappa shape index (κ2) is 22.9. The first-order valence-electron chi connectivity index (χ1n) is 35.9. The predicted molar refractivity (Wildman–Crippen MR) is 433 cm³/mol. The molecule has 0 saturated carbocycles. The lowest BCUT2D eigenvalue weighted by Crippen LogP contribution is -2.55. The normalized spacial score (nSPS) is 17.2. The highest BCUT2D eigenvalue weighted by Crippen LogP contribution is 2.73. The highest BCUT2D eigenvalue weighted by Gasteiger charge is 2.65. The summed E-state index contributed by atoms with van der Waals surface area (Å²) < 4.78 is 0. The van der Waals surface area contributed by atoms with Crippen molar-refractivity contribution < 1.29 is 0 Å². The van der Waals surface area contributed by atoms with Crippen molar-refractivity contribution >= 4 is 103 Å². The molecule has 4 atom stereocenters. The van der Waals surface area contributed by atoms with Crippen LogP contribution in [0.15, 0.2) is 388 Å². The van der Waals surface area contributed by atoms with Crippen molar-refractivity contribution in [2.45, 2.75) is 22.7 Å². The van der Waals surface area contributed by atoms with Gasteiger partial charge in [0, 0.05) is 17.3 Å². The lowest BCUT2D eigenvalue weighted by atomic mass is 9.40. The highest BCUT2D eigenvalue weighted by atomic mass is 14.7. The van der Waals surface area contributed by atoms with Crippen LogP contribution in [-0.4, -0.2) is 0 Å². The minimum Gasteiger partial charge on any atom is -0.0706 e. The Kier molecular flexibility index (Phi) is 13.1. The van der Waals surface area contributed by atoms with E-state index in [0.29, 0.717) is 0 Å². The summed E-state index contributed by atoms with van der Waals surface area (Å²) in [7, 11) is 0. The molecule has 0 bridgehead atoms. The fourth-order valence-electron chi connectivity index (χ4n) is 19.5. The lowest BCUT2D eigenvalue weighted by molar-refractivity contribution is 0.297. The Morgan fingerprint density at radius 1 is 0.186 bits per heavy atom. The standard InChI is InChI=1S/C102H66/c1-5-22-65(23-6-1)66-42-44-70(45-43-66)92-64-93(83-58-52-77-49-46-71-30-19-33-74-53-59-84(83)97(77)94(71)74)102(89-41-18-16-38-82(89)69-28-11-4-12-29-69,91-63-57-79-51-48-73-32-21-35-76-55-61-87(91)99(79)96(73)76)100(85-39-14-13-36-80(85)67-24-7-2-8-25-67)101(92,88-40-17-15-37-81(88)68-26-9-3-10-27-68)90-62-56-78-50-47-72-31-20-34-75-54-60-86(90)98(78)95(72)75/h1-64,93,100H.